The number of hydrogen-bond donors (Lipinski definition) is 1. The molecule has 118 valence electrons. The van der Waals surface area contributed by atoms with Gasteiger partial charge in [0.25, 0.3) is 0 Å². The number of rotatable bonds is 7. The topological polar surface area (TPSA) is 40.5 Å². The molecule has 1 aliphatic carbocycles. The molecule has 1 fully saturated rings. The van der Waals surface area contributed by atoms with Crippen LogP contribution < -0.4 is 0 Å². The fourth-order valence-corrected chi connectivity index (χ4v) is 2.67. The van der Waals surface area contributed by atoms with Gasteiger partial charge in [0.2, 0.25) is 0 Å². The molecule has 0 aliphatic heterocycles. The largest absolute Gasteiger partial charge is 0.481 e. The molecule has 20 heavy (non-hydrogen) atoms. The number of aliphatic carboxylic acids is 1. The van der Waals surface area contributed by atoms with Gasteiger partial charge in [-0.25, -0.2) is 0 Å². The van der Waals surface area contributed by atoms with E-state index in [1.165, 1.54) is 0 Å². The van der Waals surface area contributed by atoms with Crippen LogP contribution >= 0.6 is 0 Å². The average molecular weight is 295 g/mol. The van der Waals surface area contributed by atoms with E-state index in [1.54, 1.807) is 4.90 Å². The molecule has 1 rings (SSSR count). The number of hydrogen-bond acceptors (Lipinski definition) is 2. The summed E-state index contributed by atoms with van der Waals surface area (Å²) in [4.78, 5) is 12.6. The van der Waals surface area contributed by atoms with Crippen LogP contribution in [0.1, 0.15) is 46.0 Å². The predicted octanol–water partition coefficient (Wildman–Crippen LogP) is 3.54. The van der Waals surface area contributed by atoms with E-state index in [0.29, 0.717) is 12.5 Å². The number of nitrogens with zero attached hydrogens (tertiary/aromatic N) is 1. The minimum atomic E-state index is -4.68. The molecule has 1 atom stereocenters. The van der Waals surface area contributed by atoms with Crippen LogP contribution in [0.15, 0.2) is 0 Å². The van der Waals surface area contributed by atoms with Crippen molar-refractivity contribution in [2.75, 3.05) is 13.1 Å². The molecule has 1 unspecified atom stereocenters. The van der Waals surface area contributed by atoms with Crippen LogP contribution in [0.5, 0.6) is 0 Å². The number of halogens is 3. The van der Waals surface area contributed by atoms with Crippen molar-refractivity contribution in [2.45, 2.75) is 58.2 Å². The summed E-state index contributed by atoms with van der Waals surface area (Å²) in [5.41, 5.74) is 0. The molecule has 0 spiro atoms. The van der Waals surface area contributed by atoms with Crippen LogP contribution in [0.3, 0.4) is 0 Å². The first-order valence-corrected chi connectivity index (χ1v) is 7.25. The maximum absolute atomic E-state index is 12.8. The molecule has 0 aromatic carbocycles. The van der Waals surface area contributed by atoms with Gasteiger partial charge in [-0.2, -0.15) is 13.2 Å². The van der Waals surface area contributed by atoms with Crippen molar-refractivity contribution in [3.05, 3.63) is 0 Å². The minimum absolute atomic E-state index is 0.109. The van der Waals surface area contributed by atoms with Crippen LogP contribution in [-0.2, 0) is 4.79 Å². The third-order valence-corrected chi connectivity index (χ3v) is 3.95. The second-order valence-electron chi connectivity index (χ2n) is 6.05. The lowest BCUT2D eigenvalue weighted by atomic mass is 10.0. The van der Waals surface area contributed by atoms with Gasteiger partial charge in [-0.05, 0) is 31.7 Å². The Morgan fingerprint density at radius 3 is 2.25 bits per heavy atom. The van der Waals surface area contributed by atoms with E-state index < -0.39 is 24.6 Å². The summed E-state index contributed by atoms with van der Waals surface area (Å²) in [5, 5.41) is 8.83. The zero-order valence-corrected chi connectivity index (χ0v) is 12.1. The van der Waals surface area contributed by atoms with Crippen molar-refractivity contribution < 1.29 is 23.1 Å². The van der Waals surface area contributed by atoms with Gasteiger partial charge in [-0.1, -0.05) is 26.7 Å². The van der Waals surface area contributed by atoms with Gasteiger partial charge in [-0.3, -0.25) is 9.69 Å². The fraction of sp³-hybridized carbons (Fsp3) is 0.929. The van der Waals surface area contributed by atoms with E-state index in [0.717, 1.165) is 32.1 Å². The third-order valence-electron chi connectivity index (χ3n) is 3.95. The Bertz CT molecular complexity index is 312. The quantitative estimate of drug-likeness (QED) is 0.781. The molecule has 1 N–H and O–H groups in total. The summed E-state index contributed by atoms with van der Waals surface area (Å²) in [6.45, 7) is 4.16. The molecule has 0 radical (unpaired) electrons. The lowest BCUT2D eigenvalue weighted by Crippen LogP contribution is -2.45. The van der Waals surface area contributed by atoms with E-state index in [4.69, 9.17) is 5.11 Å². The molecule has 0 aromatic heterocycles. The highest BCUT2D eigenvalue weighted by atomic mass is 19.4. The first-order chi connectivity index (χ1) is 9.21. The summed E-state index contributed by atoms with van der Waals surface area (Å²) in [7, 11) is 0. The van der Waals surface area contributed by atoms with Gasteiger partial charge in [0.05, 0.1) is 0 Å². The monoisotopic (exact) mass is 295 g/mol. The Morgan fingerprint density at radius 2 is 1.85 bits per heavy atom. The van der Waals surface area contributed by atoms with Crippen molar-refractivity contribution in [1.82, 2.24) is 4.90 Å². The number of carboxylic acids is 1. The standard InChI is InChI=1S/C14H24F3NO2/c1-10(2)7-8-18(11-5-3-4-6-11)9-12(13(19)20)14(15,16)17/h10-12H,3-9H2,1-2H3,(H,19,20). The second-order valence-corrected chi connectivity index (χ2v) is 6.05. The molecule has 1 aliphatic rings. The van der Waals surface area contributed by atoms with Crippen LogP contribution in [-0.4, -0.2) is 41.3 Å². The first-order valence-electron chi connectivity index (χ1n) is 7.25. The Hall–Kier alpha value is -0.780. The Balaban J connectivity index is 2.72. The zero-order valence-electron chi connectivity index (χ0n) is 12.1. The molecule has 0 amide bonds. The highest BCUT2D eigenvalue weighted by molar-refractivity contribution is 5.71. The maximum atomic E-state index is 12.8. The van der Waals surface area contributed by atoms with Gasteiger partial charge in [0, 0.05) is 12.6 Å². The van der Waals surface area contributed by atoms with Gasteiger partial charge in [0.15, 0.2) is 5.92 Å². The molecule has 3 nitrogen and oxygen atoms in total. The third kappa shape index (κ3) is 5.31. The maximum Gasteiger partial charge on any atom is 0.403 e. The van der Waals surface area contributed by atoms with Gasteiger partial charge in [-0.15, -0.1) is 0 Å². The molecular formula is C14H24F3NO2. The normalized spacial score (nSPS) is 18.9. The second kappa shape index (κ2) is 7.29. The van der Waals surface area contributed by atoms with Crippen molar-refractivity contribution in [3.63, 3.8) is 0 Å². The van der Waals surface area contributed by atoms with E-state index in [9.17, 15) is 18.0 Å². The fourth-order valence-electron chi connectivity index (χ4n) is 2.67. The number of alkyl halides is 3. The van der Waals surface area contributed by atoms with E-state index in [2.05, 4.69) is 0 Å². The van der Waals surface area contributed by atoms with Crippen LogP contribution in [0.2, 0.25) is 0 Å². The summed E-state index contributed by atoms with van der Waals surface area (Å²) < 4.78 is 38.4. The molecule has 0 aromatic rings. The van der Waals surface area contributed by atoms with Crippen molar-refractivity contribution in [2.24, 2.45) is 11.8 Å². The van der Waals surface area contributed by atoms with E-state index >= 15 is 0 Å². The average Bonchev–Trinajstić information content (AvgIpc) is 2.79. The molecular weight excluding hydrogens is 271 g/mol. The van der Waals surface area contributed by atoms with Crippen molar-refractivity contribution in [3.8, 4) is 0 Å². The highest BCUT2D eigenvalue weighted by Gasteiger charge is 2.46. The van der Waals surface area contributed by atoms with Crippen molar-refractivity contribution in [1.29, 1.82) is 0 Å². The lowest BCUT2D eigenvalue weighted by Gasteiger charge is -2.32. The molecule has 1 saturated carbocycles. The predicted molar refractivity (Wildman–Crippen MR) is 70.5 cm³/mol. The van der Waals surface area contributed by atoms with Gasteiger partial charge >= 0.3 is 12.1 Å². The molecule has 0 bridgehead atoms. The minimum Gasteiger partial charge on any atom is -0.481 e. The summed E-state index contributed by atoms with van der Waals surface area (Å²) in [5.74, 6) is -3.66. The first kappa shape index (κ1) is 17.3. The summed E-state index contributed by atoms with van der Waals surface area (Å²) in [6, 6.07) is 0.109. The molecule has 6 heteroatoms. The smallest absolute Gasteiger partial charge is 0.403 e. The van der Waals surface area contributed by atoms with E-state index in [-0.39, 0.29) is 6.04 Å². The lowest BCUT2D eigenvalue weighted by molar-refractivity contribution is -0.197. The zero-order chi connectivity index (χ0) is 15.3. The highest BCUT2D eigenvalue weighted by Crippen LogP contribution is 2.31. The van der Waals surface area contributed by atoms with Crippen LogP contribution in [0.4, 0.5) is 13.2 Å². The summed E-state index contributed by atoms with van der Waals surface area (Å²) in [6.07, 6.45) is -0.0923. The number of carboxylic acid groups (broad SMARTS) is 1. The Morgan fingerprint density at radius 1 is 1.30 bits per heavy atom. The Labute approximate surface area is 118 Å². The van der Waals surface area contributed by atoms with Crippen molar-refractivity contribution >= 4 is 5.97 Å². The van der Waals surface area contributed by atoms with Gasteiger partial charge in [0.1, 0.15) is 0 Å². The van der Waals surface area contributed by atoms with E-state index in [1.807, 2.05) is 13.8 Å². The molecule has 0 saturated heterocycles. The number of carbonyl (C=O) groups is 1. The molecule has 0 heterocycles. The van der Waals surface area contributed by atoms with Crippen LogP contribution in [0.25, 0.3) is 0 Å². The Kier molecular flexibility index (Phi) is 6.30. The van der Waals surface area contributed by atoms with Gasteiger partial charge < -0.3 is 5.11 Å². The SMILES string of the molecule is CC(C)CCN(CC(C(=O)O)C(F)(F)F)C1CCCC1. The summed E-state index contributed by atoms with van der Waals surface area (Å²) >= 11 is 0. The van der Waals surface area contributed by atoms with Crippen LogP contribution in [0, 0.1) is 11.8 Å².